The Kier molecular flexibility index (Phi) is 10.7. The fraction of sp³-hybridized carbons (Fsp3) is 0.462. The van der Waals surface area contributed by atoms with Crippen LogP contribution in [0.2, 0.25) is 0 Å². The largest absolute Gasteiger partial charge is 0.497 e. The first kappa shape index (κ1) is 28.3. The maximum Gasteiger partial charge on any atom is 0.243 e. The number of rotatable bonds is 13. The first-order valence-electron chi connectivity index (χ1n) is 11.8. The second kappa shape index (κ2) is 13.3. The van der Waals surface area contributed by atoms with Gasteiger partial charge in [0.05, 0.1) is 12.0 Å². The van der Waals surface area contributed by atoms with Crippen LogP contribution in [0.3, 0.4) is 0 Å². The summed E-state index contributed by atoms with van der Waals surface area (Å²) >= 11 is 0. The van der Waals surface area contributed by atoms with Gasteiger partial charge in [-0.3, -0.25) is 9.59 Å². The summed E-state index contributed by atoms with van der Waals surface area (Å²) in [6.07, 6.45) is 0.918. The van der Waals surface area contributed by atoms with E-state index >= 15 is 0 Å². The molecular weight excluding hydrogens is 466 g/mol. The Labute approximate surface area is 209 Å². The average molecular weight is 504 g/mol. The van der Waals surface area contributed by atoms with Gasteiger partial charge in [-0.2, -0.15) is 0 Å². The first-order chi connectivity index (χ1) is 16.6. The highest BCUT2D eigenvalue weighted by molar-refractivity contribution is 7.89. The standard InChI is InChI=1S/C26H37N3O5S/c1-6-24(26(31)27-20(2)3)29(19-21-14-16-22(34-5)17-15-21)25(30)13-10-18-28(4)35(32,33)23-11-8-7-9-12-23/h7-9,11-12,14-17,20,24H,6,10,13,18-19H2,1-5H3,(H,27,31). The highest BCUT2D eigenvalue weighted by Crippen LogP contribution is 2.18. The van der Waals surface area contributed by atoms with Gasteiger partial charge in [0.2, 0.25) is 21.8 Å². The van der Waals surface area contributed by atoms with Crippen molar-refractivity contribution >= 4 is 21.8 Å². The van der Waals surface area contributed by atoms with Gasteiger partial charge in [-0.05, 0) is 56.5 Å². The van der Waals surface area contributed by atoms with Crippen LogP contribution in [0.25, 0.3) is 0 Å². The molecule has 0 saturated heterocycles. The number of benzene rings is 2. The number of carbonyl (C=O) groups is 2. The van der Waals surface area contributed by atoms with E-state index in [4.69, 9.17) is 4.74 Å². The molecule has 2 rings (SSSR count). The topological polar surface area (TPSA) is 96.0 Å². The molecule has 2 amide bonds. The normalized spacial score (nSPS) is 12.4. The van der Waals surface area contributed by atoms with Crippen LogP contribution in [0.5, 0.6) is 5.75 Å². The van der Waals surface area contributed by atoms with Crippen molar-refractivity contribution in [1.82, 2.24) is 14.5 Å². The Hall–Kier alpha value is -2.91. The molecular formula is C26H37N3O5S. The minimum atomic E-state index is -3.63. The quantitative estimate of drug-likeness (QED) is 0.452. The molecule has 1 N–H and O–H groups in total. The number of carbonyl (C=O) groups excluding carboxylic acids is 2. The lowest BCUT2D eigenvalue weighted by molar-refractivity contribution is -0.141. The summed E-state index contributed by atoms with van der Waals surface area (Å²) in [6, 6.07) is 14.9. The summed E-state index contributed by atoms with van der Waals surface area (Å²) in [6.45, 7) is 6.09. The minimum Gasteiger partial charge on any atom is -0.497 e. The van der Waals surface area contributed by atoms with Crippen LogP contribution >= 0.6 is 0 Å². The highest BCUT2D eigenvalue weighted by Gasteiger charge is 2.29. The zero-order chi connectivity index (χ0) is 26.0. The highest BCUT2D eigenvalue weighted by atomic mass is 32.2. The molecule has 8 nitrogen and oxygen atoms in total. The Bertz CT molecular complexity index is 1060. The summed E-state index contributed by atoms with van der Waals surface area (Å²) in [5, 5.41) is 2.91. The molecule has 1 unspecified atom stereocenters. The Morgan fingerprint density at radius 1 is 1.03 bits per heavy atom. The third kappa shape index (κ3) is 8.07. The number of sulfonamides is 1. The molecule has 192 valence electrons. The van der Waals surface area contributed by atoms with Gasteiger partial charge >= 0.3 is 0 Å². The zero-order valence-electron chi connectivity index (χ0n) is 21.2. The second-order valence-corrected chi connectivity index (χ2v) is 10.7. The maximum atomic E-state index is 13.3. The summed E-state index contributed by atoms with van der Waals surface area (Å²) in [4.78, 5) is 28.0. The van der Waals surface area contributed by atoms with Gasteiger partial charge in [0.1, 0.15) is 11.8 Å². The molecule has 35 heavy (non-hydrogen) atoms. The summed E-state index contributed by atoms with van der Waals surface area (Å²) < 4.78 is 32.0. The van der Waals surface area contributed by atoms with Crippen LogP contribution in [0, 0.1) is 0 Å². The lowest BCUT2D eigenvalue weighted by Gasteiger charge is -2.31. The van der Waals surface area contributed by atoms with Gasteiger partial charge in [-0.15, -0.1) is 0 Å². The summed E-state index contributed by atoms with van der Waals surface area (Å²) in [5.74, 6) is 0.309. The maximum absolute atomic E-state index is 13.3. The van der Waals surface area contributed by atoms with Crippen LogP contribution in [0.4, 0.5) is 0 Å². The van der Waals surface area contributed by atoms with E-state index in [1.54, 1.807) is 42.3 Å². The fourth-order valence-corrected chi connectivity index (χ4v) is 4.95. The average Bonchev–Trinajstić information content (AvgIpc) is 2.84. The van der Waals surface area contributed by atoms with E-state index in [0.29, 0.717) is 18.6 Å². The van der Waals surface area contributed by atoms with Crippen LogP contribution < -0.4 is 10.1 Å². The van der Waals surface area contributed by atoms with Gasteiger partial charge in [0, 0.05) is 32.6 Å². The van der Waals surface area contributed by atoms with Crippen LogP contribution in [-0.4, -0.2) is 62.2 Å². The van der Waals surface area contributed by atoms with E-state index in [2.05, 4.69) is 5.32 Å². The van der Waals surface area contributed by atoms with Gasteiger partial charge in [0.15, 0.2) is 0 Å². The molecule has 1 atom stereocenters. The van der Waals surface area contributed by atoms with Gasteiger partial charge in [-0.25, -0.2) is 12.7 Å². The Morgan fingerprint density at radius 3 is 2.20 bits per heavy atom. The first-order valence-corrected chi connectivity index (χ1v) is 13.3. The number of nitrogens with one attached hydrogen (secondary N) is 1. The number of hydrogen-bond donors (Lipinski definition) is 1. The van der Waals surface area contributed by atoms with Crippen molar-refractivity contribution in [3.05, 3.63) is 60.2 Å². The van der Waals surface area contributed by atoms with Crippen LogP contribution in [0.15, 0.2) is 59.5 Å². The molecule has 0 bridgehead atoms. The molecule has 0 radical (unpaired) electrons. The summed E-state index contributed by atoms with van der Waals surface area (Å²) in [5.41, 5.74) is 0.874. The van der Waals surface area contributed by atoms with E-state index in [0.717, 1.165) is 5.56 Å². The third-order valence-corrected chi connectivity index (χ3v) is 7.51. The van der Waals surface area contributed by atoms with Gasteiger partial charge in [0.25, 0.3) is 0 Å². The monoisotopic (exact) mass is 503 g/mol. The van der Waals surface area contributed by atoms with Crippen molar-refractivity contribution in [2.24, 2.45) is 0 Å². The number of nitrogens with zero attached hydrogens (tertiary/aromatic N) is 2. The predicted molar refractivity (Wildman–Crippen MR) is 136 cm³/mol. The summed E-state index contributed by atoms with van der Waals surface area (Å²) in [7, 11) is -0.534. The van der Waals surface area contributed by atoms with Crippen molar-refractivity contribution < 1.29 is 22.7 Å². The van der Waals surface area contributed by atoms with Crippen LogP contribution in [0.1, 0.15) is 45.6 Å². The molecule has 0 fully saturated rings. The molecule has 0 spiro atoms. The Balaban J connectivity index is 2.13. The lowest BCUT2D eigenvalue weighted by Crippen LogP contribution is -2.50. The molecule has 0 saturated carbocycles. The number of amides is 2. The van der Waals surface area contributed by atoms with Crippen molar-refractivity contribution in [3.63, 3.8) is 0 Å². The number of hydrogen-bond acceptors (Lipinski definition) is 5. The van der Waals surface area contributed by atoms with Gasteiger partial charge < -0.3 is 15.0 Å². The van der Waals surface area contributed by atoms with E-state index in [-0.39, 0.29) is 42.3 Å². The molecule has 2 aromatic rings. The second-order valence-electron chi connectivity index (χ2n) is 8.70. The van der Waals surface area contributed by atoms with Crippen LogP contribution in [-0.2, 0) is 26.2 Å². The predicted octanol–water partition coefficient (Wildman–Crippen LogP) is 3.43. The number of methoxy groups -OCH3 is 1. The molecule has 0 aromatic heterocycles. The lowest BCUT2D eigenvalue weighted by atomic mass is 10.1. The third-order valence-electron chi connectivity index (χ3n) is 5.64. The van der Waals surface area contributed by atoms with Gasteiger partial charge in [-0.1, -0.05) is 37.3 Å². The van der Waals surface area contributed by atoms with Crippen molar-refractivity contribution in [2.75, 3.05) is 20.7 Å². The van der Waals surface area contributed by atoms with E-state index in [9.17, 15) is 18.0 Å². The Morgan fingerprint density at radius 2 is 1.66 bits per heavy atom. The molecule has 0 aliphatic heterocycles. The van der Waals surface area contributed by atoms with E-state index in [1.165, 1.54) is 11.4 Å². The van der Waals surface area contributed by atoms with E-state index in [1.807, 2.05) is 45.0 Å². The number of ether oxygens (including phenoxy) is 1. The molecule has 0 aliphatic rings. The molecule has 9 heteroatoms. The van der Waals surface area contributed by atoms with Crippen molar-refractivity contribution in [1.29, 1.82) is 0 Å². The smallest absolute Gasteiger partial charge is 0.243 e. The van der Waals surface area contributed by atoms with Crippen molar-refractivity contribution in [2.45, 2.75) is 63.6 Å². The molecule has 2 aromatic carbocycles. The van der Waals surface area contributed by atoms with Crippen molar-refractivity contribution in [3.8, 4) is 5.75 Å². The van der Waals surface area contributed by atoms with E-state index < -0.39 is 16.1 Å². The SMILES string of the molecule is CCC(C(=O)NC(C)C)N(Cc1ccc(OC)cc1)C(=O)CCCN(C)S(=O)(=O)c1ccccc1. The molecule has 0 aliphatic carbocycles. The fourth-order valence-electron chi connectivity index (χ4n) is 3.72. The zero-order valence-corrected chi connectivity index (χ0v) is 22.0. The molecule has 0 heterocycles. The minimum absolute atomic E-state index is 0.0497.